The normalized spacial score (nSPS) is 12.5. The number of hydrogen-bond acceptors (Lipinski definition) is 6. The zero-order chi connectivity index (χ0) is 23.3. The van der Waals surface area contributed by atoms with E-state index in [2.05, 4.69) is 38.1 Å². The zero-order valence-corrected chi connectivity index (χ0v) is 19.5. The van der Waals surface area contributed by atoms with Crippen LogP contribution in [0.4, 0.5) is 0 Å². The van der Waals surface area contributed by atoms with E-state index in [0.29, 0.717) is 36.5 Å². The van der Waals surface area contributed by atoms with Crippen molar-refractivity contribution < 1.29 is 28.5 Å². The number of ether oxygens (including phenoxy) is 4. The van der Waals surface area contributed by atoms with Crippen molar-refractivity contribution in [3.8, 4) is 11.5 Å². The second-order valence-corrected chi connectivity index (χ2v) is 7.35. The average Bonchev–Trinajstić information content (AvgIpc) is 2.81. The van der Waals surface area contributed by atoms with Gasteiger partial charge in [-0.2, -0.15) is 0 Å². The average molecular weight is 443 g/mol. The molecule has 174 valence electrons. The molecule has 0 saturated heterocycles. The Kier molecular flexibility index (Phi) is 10.6. The highest BCUT2D eigenvalue weighted by Crippen LogP contribution is 2.38. The summed E-state index contributed by atoms with van der Waals surface area (Å²) in [6.07, 6.45) is 1.98. The maximum absolute atomic E-state index is 11.5. The molecule has 0 aliphatic carbocycles. The van der Waals surface area contributed by atoms with E-state index in [1.54, 1.807) is 13.8 Å². The van der Waals surface area contributed by atoms with Gasteiger partial charge in [0.15, 0.2) is 13.2 Å². The molecule has 0 spiro atoms. The van der Waals surface area contributed by atoms with E-state index >= 15 is 0 Å². The van der Waals surface area contributed by atoms with Crippen LogP contribution in [0.5, 0.6) is 11.5 Å². The lowest BCUT2D eigenvalue weighted by Gasteiger charge is -2.26. The molecule has 2 aromatic carbocycles. The first-order chi connectivity index (χ1) is 15.5. The quantitative estimate of drug-likeness (QED) is 0.394. The number of hydrogen-bond donors (Lipinski definition) is 0. The number of carbonyl (C=O) groups is 2. The number of rotatable bonds is 13. The first-order valence-corrected chi connectivity index (χ1v) is 11.3. The molecule has 2 rings (SSSR count). The van der Waals surface area contributed by atoms with Crippen molar-refractivity contribution >= 4 is 11.9 Å². The van der Waals surface area contributed by atoms with Crippen LogP contribution in [0.3, 0.4) is 0 Å². The molecular weight excluding hydrogens is 408 g/mol. The Morgan fingerprint density at radius 3 is 1.25 bits per heavy atom. The molecule has 32 heavy (non-hydrogen) atoms. The molecule has 0 heterocycles. The molecule has 0 aromatic heterocycles. The largest absolute Gasteiger partial charge is 0.482 e. The van der Waals surface area contributed by atoms with Gasteiger partial charge in [0, 0.05) is 0 Å². The van der Waals surface area contributed by atoms with Crippen LogP contribution in [-0.4, -0.2) is 38.4 Å². The third kappa shape index (κ3) is 7.59. The molecule has 6 nitrogen and oxygen atoms in total. The van der Waals surface area contributed by atoms with Crippen LogP contribution in [0.25, 0.3) is 0 Å². The molecule has 0 aliphatic heterocycles. The van der Waals surface area contributed by atoms with E-state index in [1.165, 1.54) is 11.1 Å². The van der Waals surface area contributed by atoms with Crippen molar-refractivity contribution in [2.24, 2.45) is 0 Å². The third-order valence-corrected chi connectivity index (χ3v) is 5.31. The van der Waals surface area contributed by atoms with Gasteiger partial charge in [-0.1, -0.05) is 38.1 Å². The molecule has 2 aromatic rings. The molecule has 0 radical (unpaired) electrons. The number of carbonyl (C=O) groups excluding carboxylic acids is 2. The van der Waals surface area contributed by atoms with Crippen molar-refractivity contribution in [2.75, 3.05) is 26.4 Å². The Bertz CT molecular complexity index is 757. The highest BCUT2D eigenvalue weighted by molar-refractivity contribution is 5.71. The minimum atomic E-state index is -0.372. The predicted octanol–water partition coefficient (Wildman–Crippen LogP) is 5.26. The van der Waals surface area contributed by atoms with Crippen molar-refractivity contribution in [3.05, 3.63) is 59.7 Å². The standard InChI is InChI=1S/C26H34O6/c1-5-23(19-9-13-21(14-10-19)31-17-25(27)29-7-3)24(6-2)20-11-15-22(16-12-20)32-18-26(28)30-8-4/h9-16,23-24H,5-8,17-18H2,1-4H3/t23-,24-/m0/s1. The Morgan fingerprint density at radius 2 is 0.969 bits per heavy atom. The molecule has 6 heteroatoms. The maximum atomic E-state index is 11.5. The second-order valence-electron chi connectivity index (χ2n) is 7.35. The fourth-order valence-electron chi connectivity index (χ4n) is 3.82. The van der Waals surface area contributed by atoms with Gasteiger partial charge < -0.3 is 18.9 Å². The van der Waals surface area contributed by atoms with E-state index in [-0.39, 0.29) is 25.2 Å². The van der Waals surface area contributed by atoms with E-state index in [1.807, 2.05) is 24.3 Å². The van der Waals surface area contributed by atoms with Crippen molar-refractivity contribution in [1.29, 1.82) is 0 Å². The summed E-state index contributed by atoms with van der Waals surface area (Å²) in [5, 5.41) is 0. The van der Waals surface area contributed by atoms with Gasteiger partial charge >= 0.3 is 11.9 Å². The van der Waals surface area contributed by atoms with Crippen LogP contribution in [-0.2, 0) is 19.1 Å². The Morgan fingerprint density at radius 1 is 0.625 bits per heavy atom. The highest BCUT2D eigenvalue weighted by atomic mass is 16.6. The van der Waals surface area contributed by atoms with Crippen LogP contribution >= 0.6 is 0 Å². The lowest BCUT2D eigenvalue weighted by Crippen LogP contribution is -2.15. The van der Waals surface area contributed by atoms with Gasteiger partial charge in [-0.3, -0.25) is 0 Å². The Balaban J connectivity index is 2.04. The first kappa shape index (κ1) is 25.2. The predicted molar refractivity (Wildman–Crippen MR) is 123 cm³/mol. The van der Waals surface area contributed by atoms with E-state index in [9.17, 15) is 9.59 Å². The number of benzene rings is 2. The summed E-state index contributed by atoms with van der Waals surface area (Å²) in [5.74, 6) is 1.23. The van der Waals surface area contributed by atoms with Crippen molar-refractivity contribution in [2.45, 2.75) is 52.4 Å². The minimum Gasteiger partial charge on any atom is -0.482 e. The molecule has 0 aliphatic rings. The maximum Gasteiger partial charge on any atom is 0.344 e. The van der Waals surface area contributed by atoms with Crippen molar-refractivity contribution in [3.63, 3.8) is 0 Å². The van der Waals surface area contributed by atoms with Crippen molar-refractivity contribution in [1.82, 2.24) is 0 Å². The van der Waals surface area contributed by atoms with E-state index < -0.39 is 0 Å². The van der Waals surface area contributed by atoms with Gasteiger partial charge in [-0.15, -0.1) is 0 Å². The minimum absolute atomic E-state index is 0.0907. The number of esters is 2. The van der Waals surface area contributed by atoms with Crippen LogP contribution in [0.1, 0.15) is 63.5 Å². The van der Waals surface area contributed by atoms with Gasteiger partial charge in [0.25, 0.3) is 0 Å². The van der Waals surface area contributed by atoms with Gasteiger partial charge in [-0.05, 0) is 73.9 Å². The summed E-state index contributed by atoms with van der Waals surface area (Å²) in [6, 6.07) is 15.9. The second kappa shape index (κ2) is 13.4. The highest BCUT2D eigenvalue weighted by Gasteiger charge is 2.22. The lowest BCUT2D eigenvalue weighted by atomic mass is 9.78. The van der Waals surface area contributed by atoms with Gasteiger partial charge in [-0.25, -0.2) is 9.59 Å². The summed E-state index contributed by atoms with van der Waals surface area (Å²) in [7, 11) is 0. The van der Waals surface area contributed by atoms with Crippen LogP contribution < -0.4 is 9.47 Å². The van der Waals surface area contributed by atoms with Gasteiger partial charge in [0.2, 0.25) is 0 Å². The molecule has 0 amide bonds. The molecule has 0 bridgehead atoms. The summed E-state index contributed by atoms with van der Waals surface area (Å²) < 4.78 is 20.8. The van der Waals surface area contributed by atoms with Gasteiger partial charge in [0.05, 0.1) is 13.2 Å². The molecule has 0 unspecified atom stereocenters. The SMILES string of the molecule is CCOC(=O)COc1ccc([C@H](CC)[C@@H](CC)c2ccc(OCC(=O)OCC)cc2)cc1. The fourth-order valence-corrected chi connectivity index (χ4v) is 3.82. The molecule has 0 N–H and O–H groups in total. The molecular formula is C26H34O6. The summed E-state index contributed by atoms with van der Waals surface area (Å²) in [5.41, 5.74) is 2.45. The Hall–Kier alpha value is -3.02. The molecule has 0 fully saturated rings. The van der Waals surface area contributed by atoms with Crippen LogP contribution in [0.15, 0.2) is 48.5 Å². The lowest BCUT2D eigenvalue weighted by molar-refractivity contribution is -0.146. The monoisotopic (exact) mass is 442 g/mol. The molecule has 0 saturated carbocycles. The fraction of sp³-hybridized carbons (Fsp3) is 0.462. The van der Waals surface area contributed by atoms with E-state index in [0.717, 1.165) is 12.8 Å². The van der Waals surface area contributed by atoms with Crippen LogP contribution in [0, 0.1) is 0 Å². The summed E-state index contributed by atoms with van der Waals surface area (Å²) >= 11 is 0. The summed E-state index contributed by atoms with van der Waals surface area (Å²) in [4.78, 5) is 22.9. The van der Waals surface area contributed by atoms with E-state index in [4.69, 9.17) is 18.9 Å². The third-order valence-electron chi connectivity index (χ3n) is 5.31. The van der Waals surface area contributed by atoms with Gasteiger partial charge in [0.1, 0.15) is 11.5 Å². The first-order valence-electron chi connectivity index (χ1n) is 11.3. The topological polar surface area (TPSA) is 71.1 Å². The van der Waals surface area contributed by atoms with Crippen LogP contribution in [0.2, 0.25) is 0 Å². The zero-order valence-electron chi connectivity index (χ0n) is 19.5. The Labute approximate surface area is 190 Å². The smallest absolute Gasteiger partial charge is 0.344 e. The molecule has 2 atom stereocenters. The summed E-state index contributed by atoms with van der Waals surface area (Å²) in [6.45, 7) is 8.42.